The molecular weight excluding hydrogens is 440 g/mol. The fraction of sp³-hybridized carbons (Fsp3) is 0.0870. The minimum Gasteiger partial charge on any atom is -0.493 e. The molecule has 0 atom stereocenters. The summed E-state index contributed by atoms with van der Waals surface area (Å²) < 4.78 is 38.9. The quantitative estimate of drug-likeness (QED) is 0.319. The van der Waals surface area contributed by atoms with Crippen molar-refractivity contribution in [1.29, 1.82) is 5.26 Å². The summed E-state index contributed by atoms with van der Waals surface area (Å²) in [6.07, 6.45) is 1.58. The van der Waals surface area contributed by atoms with Crippen LogP contribution in [0.2, 0.25) is 0 Å². The van der Waals surface area contributed by atoms with Gasteiger partial charge in [-0.3, -0.25) is 0 Å². The van der Waals surface area contributed by atoms with E-state index < -0.39 is 5.82 Å². The van der Waals surface area contributed by atoms with Gasteiger partial charge in [-0.05, 0) is 47.5 Å². The van der Waals surface area contributed by atoms with Gasteiger partial charge in [0.05, 0.1) is 18.8 Å². The lowest BCUT2D eigenvalue weighted by atomic mass is 10.0. The average molecular weight is 456 g/mol. The van der Waals surface area contributed by atoms with Gasteiger partial charge in [-0.1, -0.05) is 46.3 Å². The summed E-state index contributed by atoms with van der Waals surface area (Å²) in [5, 5.41) is 9.48. The van der Waals surface area contributed by atoms with Crippen molar-refractivity contribution < 1.29 is 18.3 Å². The molecule has 3 aromatic rings. The van der Waals surface area contributed by atoms with E-state index in [9.17, 15) is 14.0 Å². The number of nitriles is 1. The van der Waals surface area contributed by atoms with Gasteiger partial charge in [0.15, 0.2) is 11.5 Å². The van der Waals surface area contributed by atoms with Gasteiger partial charge in [0.25, 0.3) is 0 Å². The summed E-state index contributed by atoms with van der Waals surface area (Å²) in [6, 6.07) is 17.6. The van der Waals surface area contributed by atoms with Gasteiger partial charge >= 0.3 is 0 Å². The topological polar surface area (TPSA) is 42.2 Å². The molecule has 0 aliphatic rings. The Morgan fingerprint density at radius 3 is 2.45 bits per heavy atom. The Balaban J connectivity index is 1.90. The first-order valence-corrected chi connectivity index (χ1v) is 9.42. The monoisotopic (exact) mass is 455 g/mol. The van der Waals surface area contributed by atoms with Crippen molar-refractivity contribution >= 4 is 27.6 Å². The number of rotatable bonds is 6. The van der Waals surface area contributed by atoms with Crippen LogP contribution >= 0.6 is 15.9 Å². The minimum atomic E-state index is -0.470. The molecule has 0 saturated heterocycles. The number of hydrogen-bond acceptors (Lipinski definition) is 3. The maximum Gasteiger partial charge on any atom is 0.162 e. The molecule has 3 aromatic carbocycles. The highest BCUT2D eigenvalue weighted by atomic mass is 79.9. The zero-order valence-corrected chi connectivity index (χ0v) is 17.0. The van der Waals surface area contributed by atoms with E-state index in [-0.39, 0.29) is 23.6 Å². The van der Waals surface area contributed by atoms with Gasteiger partial charge < -0.3 is 9.47 Å². The van der Waals surface area contributed by atoms with Crippen LogP contribution in [-0.2, 0) is 6.61 Å². The molecule has 0 amide bonds. The van der Waals surface area contributed by atoms with Crippen LogP contribution in [0.3, 0.4) is 0 Å². The van der Waals surface area contributed by atoms with Crippen LogP contribution < -0.4 is 9.47 Å². The van der Waals surface area contributed by atoms with Crippen LogP contribution in [0, 0.1) is 23.0 Å². The lowest BCUT2D eigenvalue weighted by Crippen LogP contribution is -1.99. The number of methoxy groups -OCH3 is 1. The predicted octanol–water partition coefficient (Wildman–Crippen LogP) is 6.38. The third kappa shape index (κ3) is 5.01. The van der Waals surface area contributed by atoms with Crippen LogP contribution in [0.1, 0.15) is 16.7 Å². The van der Waals surface area contributed by atoms with E-state index in [2.05, 4.69) is 15.9 Å². The first kappa shape index (κ1) is 20.6. The first-order chi connectivity index (χ1) is 14.0. The predicted molar refractivity (Wildman–Crippen MR) is 111 cm³/mol. The van der Waals surface area contributed by atoms with E-state index in [4.69, 9.17) is 9.47 Å². The number of allylic oxidation sites excluding steroid dienone is 1. The summed E-state index contributed by atoms with van der Waals surface area (Å²) in [7, 11) is 1.50. The fourth-order valence-corrected chi connectivity index (χ4v) is 3.12. The second-order valence-electron chi connectivity index (χ2n) is 6.09. The van der Waals surface area contributed by atoms with Gasteiger partial charge in [0, 0.05) is 10.0 Å². The molecule has 0 aromatic heterocycles. The van der Waals surface area contributed by atoms with Gasteiger partial charge in [0.1, 0.15) is 18.2 Å². The second kappa shape index (κ2) is 9.35. The van der Waals surface area contributed by atoms with Crippen molar-refractivity contribution in [2.24, 2.45) is 0 Å². The standard InChI is InChI=1S/C23H16BrF2NO2/c1-28-22-11-16(10-17(13-27)19-4-2-3-5-21(19)26)20(24)12-23(22)29-14-15-6-8-18(25)9-7-15/h2-12H,14H2,1H3. The fourth-order valence-electron chi connectivity index (χ4n) is 2.68. The summed E-state index contributed by atoms with van der Waals surface area (Å²) in [6.45, 7) is 0.233. The molecule has 0 aliphatic carbocycles. The van der Waals surface area contributed by atoms with E-state index in [0.29, 0.717) is 21.5 Å². The largest absolute Gasteiger partial charge is 0.493 e. The highest BCUT2D eigenvalue weighted by Crippen LogP contribution is 2.36. The third-order valence-corrected chi connectivity index (χ3v) is 4.86. The van der Waals surface area contributed by atoms with Gasteiger partial charge in [-0.15, -0.1) is 0 Å². The van der Waals surface area contributed by atoms with Crippen LogP contribution in [0.15, 0.2) is 65.1 Å². The molecule has 0 spiro atoms. The van der Waals surface area contributed by atoms with E-state index >= 15 is 0 Å². The molecule has 0 radical (unpaired) electrons. The summed E-state index contributed by atoms with van der Waals surface area (Å²) in [5.41, 5.74) is 1.85. The van der Waals surface area contributed by atoms with Crippen LogP contribution in [-0.4, -0.2) is 7.11 Å². The SMILES string of the molecule is COc1cc(C=C(C#N)c2ccccc2F)c(Br)cc1OCc1ccc(F)cc1. The zero-order chi connectivity index (χ0) is 20.8. The molecule has 3 rings (SSSR count). The number of halogens is 3. The molecule has 0 N–H and O–H groups in total. The Kier molecular flexibility index (Phi) is 6.63. The highest BCUT2D eigenvalue weighted by Gasteiger charge is 2.12. The van der Waals surface area contributed by atoms with Crippen molar-refractivity contribution in [3.63, 3.8) is 0 Å². The summed E-state index contributed by atoms with van der Waals surface area (Å²) in [5.74, 6) is 0.147. The normalized spacial score (nSPS) is 11.1. The Morgan fingerprint density at radius 2 is 1.79 bits per heavy atom. The zero-order valence-electron chi connectivity index (χ0n) is 15.5. The summed E-state index contributed by atoms with van der Waals surface area (Å²) in [4.78, 5) is 0. The van der Waals surface area contributed by atoms with Crippen LogP contribution in [0.4, 0.5) is 8.78 Å². The smallest absolute Gasteiger partial charge is 0.162 e. The van der Waals surface area contributed by atoms with E-state index in [0.717, 1.165) is 5.56 Å². The molecule has 0 bridgehead atoms. The molecule has 0 aliphatic heterocycles. The maximum absolute atomic E-state index is 14.1. The maximum atomic E-state index is 14.1. The molecule has 0 saturated carbocycles. The van der Waals surface area contributed by atoms with Gasteiger partial charge in [-0.25, -0.2) is 8.78 Å². The van der Waals surface area contributed by atoms with Crippen LogP contribution in [0.25, 0.3) is 11.6 Å². The van der Waals surface area contributed by atoms with E-state index in [1.807, 2.05) is 6.07 Å². The van der Waals surface area contributed by atoms with Crippen molar-refractivity contribution in [2.45, 2.75) is 6.61 Å². The molecule has 6 heteroatoms. The highest BCUT2D eigenvalue weighted by molar-refractivity contribution is 9.10. The number of nitrogens with zero attached hydrogens (tertiary/aromatic N) is 1. The Bertz CT molecular complexity index is 1090. The molecular formula is C23H16BrF2NO2. The molecule has 0 heterocycles. The molecule has 3 nitrogen and oxygen atoms in total. The van der Waals surface area contributed by atoms with Crippen molar-refractivity contribution in [1.82, 2.24) is 0 Å². The van der Waals surface area contributed by atoms with Crippen molar-refractivity contribution in [2.75, 3.05) is 7.11 Å². The number of ether oxygens (including phenoxy) is 2. The lowest BCUT2D eigenvalue weighted by molar-refractivity contribution is 0.284. The van der Waals surface area contributed by atoms with Gasteiger partial charge in [-0.2, -0.15) is 5.26 Å². The Morgan fingerprint density at radius 1 is 1.07 bits per heavy atom. The summed E-state index contributed by atoms with van der Waals surface area (Å²) >= 11 is 3.46. The Hall–Kier alpha value is -3.17. The number of hydrogen-bond donors (Lipinski definition) is 0. The van der Waals surface area contributed by atoms with Gasteiger partial charge in [0.2, 0.25) is 0 Å². The van der Waals surface area contributed by atoms with Crippen LogP contribution in [0.5, 0.6) is 11.5 Å². The average Bonchev–Trinajstić information content (AvgIpc) is 2.73. The Labute approximate surface area is 175 Å². The van der Waals surface area contributed by atoms with Crippen molar-refractivity contribution in [3.05, 3.63) is 93.5 Å². The molecule has 29 heavy (non-hydrogen) atoms. The van der Waals surface area contributed by atoms with Crippen molar-refractivity contribution in [3.8, 4) is 17.6 Å². The molecule has 0 unspecified atom stereocenters. The minimum absolute atomic E-state index is 0.186. The van der Waals surface area contributed by atoms with E-state index in [1.54, 1.807) is 48.5 Å². The van der Waals surface area contributed by atoms with E-state index in [1.165, 1.54) is 25.3 Å². The molecule has 0 fully saturated rings. The lowest BCUT2D eigenvalue weighted by Gasteiger charge is -2.13. The molecule has 146 valence electrons. The second-order valence-corrected chi connectivity index (χ2v) is 6.94. The first-order valence-electron chi connectivity index (χ1n) is 8.63. The third-order valence-electron chi connectivity index (χ3n) is 4.17. The number of benzene rings is 3.